The zero-order valence-electron chi connectivity index (χ0n) is 19.8. The third-order valence-corrected chi connectivity index (χ3v) is 6.13. The maximum Gasteiger partial charge on any atom is 0.173 e. The zero-order chi connectivity index (χ0) is 22.5. The topological polar surface area (TPSA) is 68.5 Å². The molecule has 0 saturated carbocycles. The van der Waals surface area contributed by atoms with E-state index in [1.54, 1.807) is 14.2 Å². The van der Waals surface area contributed by atoms with Crippen LogP contribution >= 0.6 is 12.4 Å². The van der Waals surface area contributed by atoms with Crippen LogP contribution in [0.25, 0.3) is 0 Å². The molecule has 33 heavy (non-hydrogen) atoms. The van der Waals surface area contributed by atoms with Gasteiger partial charge >= 0.3 is 0 Å². The Morgan fingerprint density at radius 1 is 0.970 bits per heavy atom. The third kappa shape index (κ3) is 5.63. The summed E-state index contributed by atoms with van der Waals surface area (Å²) in [5.41, 5.74) is 5.09. The van der Waals surface area contributed by atoms with E-state index in [0.717, 1.165) is 43.3 Å². The molecule has 0 radical (unpaired) electrons. The van der Waals surface area contributed by atoms with Gasteiger partial charge in [0, 0.05) is 39.0 Å². The largest absolute Gasteiger partial charge is 0.497 e. The lowest BCUT2D eigenvalue weighted by Crippen LogP contribution is -2.48. The van der Waals surface area contributed by atoms with Crippen molar-refractivity contribution in [3.8, 4) is 5.75 Å². The first-order chi connectivity index (χ1) is 15.6. The van der Waals surface area contributed by atoms with E-state index in [4.69, 9.17) is 9.47 Å². The molecule has 8 nitrogen and oxygen atoms in total. The number of benzene rings is 2. The van der Waals surface area contributed by atoms with Gasteiger partial charge in [-0.25, -0.2) is 4.68 Å². The predicted octanol–water partition coefficient (Wildman–Crippen LogP) is 3.28. The van der Waals surface area contributed by atoms with E-state index in [2.05, 4.69) is 69.5 Å². The monoisotopic (exact) mass is 472 g/mol. The summed E-state index contributed by atoms with van der Waals surface area (Å²) in [4.78, 5) is 4.95. The minimum Gasteiger partial charge on any atom is -0.497 e. The third-order valence-electron chi connectivity index (χ3n) is 6.13. The number of tetrazole rings is 1. The summed E-state index contributed by atoms with van der Waals surface area (Å²) in [6, 6.07) is 14.8. The van der Waals surface area contributed by atoms with Crippen LogP contribution in [0, 0.1) is 13.8 Å². The van der Waals surface area contributed by atoms with Crippen LogP contribution in [0.2, 0.25) is 0 Å². The Morgan fingerprint density at radius 3 is 2.36 bits per heavy atom. The molecule has 3 aromatic rings. The Hall–Kier alpha value is -2.68. The number of hydrogen-bond donors (Lipinski definition) is 0. The second-order valence-corrected chi connectivity index (χ2v) is 8.24. The molecule has 1 atom stereocenters. The number of anilines is 1. The van der Waals surface area contributed by atoms with Gasteiger partial charge in [0.15, 0.2) is 5.82 Å². The molecule has 1 aromatic heterocycles. The van der Waals surface area contributed by atoms with E-state index in [-0.39, 0.29) is 18.4 Å². The molecule has 0 amide bonds. The molecular weight excluding hydrogens is 440 g/mol. The van der Waals surface area contributed by atoms with E-state index in [1.807, 2.05) is 16.8 Å². The summed E-state index contributed by atoms with van der Waals surface area (Å²) < 4.78 is 12.5. The molecule has 0 spiro atoms. The van der Waals surface area contributed by atoms with Crippen LogP contribution in [0.3, 0.4) is 0 Å². The average Bonchev–Trinajstić information content (AvgIpc) is 3.28. The summed E-state index contributed by atoms with van der Waals surface area (Å²) in [5.74, 6) is 1.68. The Kier molecular flexibility index (Phi) is 8.66. The fourth-order valence-corrected chi connectivity index (χ4v) is 4.33. The lowest BCUT2D eigenvalue weighted by Gasteiger charge is -2.40. The van der Waals surface area contributed by atoms with Crippen molar-refractivity contribution < 1.29 is 9.47 Å². The number of nitrogens with zero attached hydrogens (tertiary/aromatic N) is 6. The summed E-state index contributed by atoms with van der Waals surface area (Å²) in [6.07, 6.45) is 0. The van der Waals surface area contributed by atoms with Crippen LogP contribution < -0.4 is 9.64 Å². The highest BCUT2D eigenvalue weighted by molar-refractivity contribution is 5.85. The van der Waals surface area contributed by atoms with Crippen molar-refractivity contribution in [2.45, 2.75) is 26.4 Å². The minimum absolute atomic E-state index is 0. The molecule has 0 bridgehead atoms. The molecule has 0 N–H and O–H groups in total. The van der Waals surface area contributed by atoms with Gasteiger partial charge in [0.25, 0.3) is 0 Å². The van der Waals surface area contributed by atoms with Crippen molar-refractivity contribution in [3.63, 3.8) is 0 Å². The highest BCUT2D eigenvalue weighted by Crippen LogP contribution is 2.31. The lowest BCUT2D eigenvalue weighted by molar-refractivity contribution is 0.171. The van der Waals surface area contributed by atoms with Gasteiger partial charge < -0.3 is 14.4 Å². The van der Waals surface area contributed by atoms with Crippen LogP contribution in [0.15, 0.2) is 42.5 Å². The molecule has 0 aliphatic carbocycles. The normalized spacial score (nSPS) is 15.2. The van der Waals surface area contributed by atoms with Crippen LogP contribution in [0.5, 0.6) is 5.75 Å². The molecule has 1 fully saturated rings. The first-order valence-corrected chi connectivity index (χ1v) is 11.1. The van der Waals surface area contributed by atoms with E-state index in [9.17, 15) is 0 Å². The fraction of sp³-hybridized carbons (Fsp3) is 0.458. The van der Waals surface area contributed by atoms with Gasteiger partial charge in [0.05, 0.1) is 26.3 Å². The van der Waals surface area contributed by atoms with Crippen LogP contribution in [0.1, 0.15) is 28.6 Å². The molecule has 1 unspecified atom stereocenters. The summed E-state index contributed by atoms with van der Waals surface area (Å²) >= 11 is 0. The standard InChI is InChI=1S/C24H32N6O2.ClH/c1-18-5-6-19(2)22(17-18)28-11-13-29(14-12-28)23(20-7-9-21(32-4)10-8-20)24-25-26-27-30(24)15-16-31-3;/h5-10,17,23H,11-16H2,1-4H3;1H. The van der Waals surface area contributed by atoms with Crippen molar-refractivity contribution in [3.05, 3.63) is 65.0 Å². The molecule has 2 heterocycles. The predicted molar refractivity (Wildman–Crippen MR) is 131 cm³/mol. The van der Waals surface area contributed by atoms with Gasteiger partial charge in [0.1, 0.15) is 5.75 Å². The number of piperazine rings is 1. The average molecular weight is 473 g/mol. The molecule has 1 aliphatic rings. The van der Waals surface area contributed by atoms with Gasteiger partial charge in [-0.15, -0.1) is 17.5 Å². The first kappa shape index (κ1) is 25.0. The Morgan fingerprint density at radius 2 is 1.70 bits per heavy atom. The van der Waals surface area contributed by atoms with Crippen molar-refractivity contribution in [1.29, 1.82) is 0 Å². The molecule has 1 aliphatic heterocycles. The molecule has 2 aromatic carbocycles. The van der Waals surface area contributed by atoms with Crippen LogP contribution in [0.4, 0.5) is 5.69 Å². The van der Waals surface area contributed by atoms with E-state index >= 15 is 0 Å². The quantitative estimate of drug-likeness (QED) is 0.498. The highest BCUT2D eigenvalue weighted by atomic mass is 35.5. The van der Waals surface area contributed by atoms with Gasteiger partial charge in [0.2, 0.25) is 0 Å². The lowest BCUT2D eigenvalue weighted by atomic mass is 10.0. The Labute approximate surface area is 201 Å². The maximum atomic E-state index is 5.36. The second-order valence-electron chi connectivity index (χ2n) is 8.24. The van der Waals surface area contributed by atoms with Gasteiger partial charge in [-0.3, -0.25) is 4.90 Å². The van der Waals surface area contributed by atoms with Gasteiger partial charge in [-0.05, 0) is 59.2 Å². The van der Waals surface area contributed by atoms with E-state index in [1.165, 1.54) is 16.8 Å². The van der Waals surface area contributed by atoms with Crippen molar-refractivity contribution in [1.82, 2.24) is 25.1 Å². The number of rotatable bonds is 8. The minimum atomic E-state index is -0.0338. The van der Waals surface area contributed by atoms with Crippen LogP contribution in [-0.4, -0.2) is 72.1 Å². The Balaban J connectivity index is 0.00000306. The van der Waals surface area contributed by atoms with Crippen molar-refractivity contribution in [2.75, 3.05) is 51.9 Å². The van der Waals surface area contributed by atoms with Gasteiger partial charge in [-0.1, -0.05) is 24.3 Å². The fourth-order valence-electron chi connectivity index (χ4n) is 4.33. The number of halogens is 1. The summed E-state index contributed by atoms with van der Waals surface area (Å²) in [6.45, 7) is 9.27. The molecular formula is C24H33ClN6O2. The number of ether oxygens (including phenoxy) is 2. The Bertz CT molecular complexity index is 1020. The molecule has 4 rings (SSSR count). The molecule has 178 valence electrons. The van der Waals surface area contributed by atoms with Crippen molar-refractivity contribution >= 4 is 18.1 Å². The zero-order valence-corrected chi connectivity index (χ0v) is 20.6. The SMILES string of the molecule is COCCn1nnnc1C(c1ccc(OC)cc1)N1CCN(c2cc(C)ccc2C)CC1.Cl. The van der Waals surface area contributed by atoms with Crippen molar-refractivity contribution in [2.24, 2.45) is 0 Å². The number of aryl methyl sites for hydroxylation is 2. The van der Waals surface area contributed by atoms with Gasteiger partial charge in [-0.2, -0.15) is 0 Å². The molecule has 1 saturated heterocycles. The number of hydrogen-bond acceptors (Lipinski definition) is 7. The highest BCUT2D eigenvalue weighted by Gasteiger charge is 2.31. The smallest absolute Gasteiger partial charge is 0.173 e. The second kappa shape index (κ2) is 11.4. The molecule has 9 heteroatoms. The maximum absolute atomic E-state index is 5.36. The van der Waals surface area contributed by atoms with E-state index < -0.39 is 0 Å². The van der Waals surface area contributed by atoms with Crippen LogP contribution in [-0.2, 0) is 11.3 Å². The first-order valence-electron chi connectivity index (χ1n) is 11.1. The number of methoxy groups -OCH3 is 2. The summed E-state index contributed by atoms with van der Waals surface area (Å²) in [5, 5.41) is 12.6. The van der Waals surface area contributed by atoms with E-state index in [0.29, 0.717) is 13.2 Å². The number of aromatic nitrogens is 4. The summed E-state index contributed by atoms with van der Waals surface area (Å²) in [7, 11) is 3.38.